The number of piperazine rings is 1. The molecule has 1 fully saturated rings. The number of hydrogen-bond acceptors (Lipinski definition) is 3. The Labute approximate surface area is 91.6 Å². The van der Waals surface area contributed by atoms with Crippen molar-refractivity contribution >= 4 is 5.97 Å². The highest BCUT2D eigenvalue weighted by Gasteiger charge is 2.37. The van der Waals surface area contributed by atoms with Gasteiger partial charge in [-0.15, -0.1) is 0 Å². The summed E-state index contributed by atoms with van der Waals surface area (Å²) in [6, 6.07) is -0.327. The monoisotopic (exact) mass is 214 g/mol. The van der Waals surface area contributed by atoms with Crippen LogP contribution in [-0.2, 0) is 4.79 Å². The third kappa shape index (κ3) is 2.92. The van der Waals surface area contributed by atoms with Crippen molar-refractivity contribution in [2.75, 3.05) is 19.6 Å². The fourth-order valence-electron chi connectivity index (χ4n) is 2.26. The van der Waals surface area contributed by atoms with Crippen LogP contribution < -0.4 is 5.32 Å². The van der Waals surface area contributed by atoms with Gasteiger partial charge in [-0.2, -0.15) is 0 Å². The Morgan fingerprint density at radius 1 is 1.60 bits per heavy atom. The Bertz CT molecular complexity index is 229. The first-order valence-electron chi connectivity index (χ1n) is 5.69. The van der Waals surface area contributed by atoms with Crippen LogP contribution in [0.2, 0.25) is 0 Å². The van der Waals surface area contributed by atoms with Crippen LogP contribution in [0.25, 0.3) is 0 Å². The second-order valence-corrected chi connectivity index (χ2v) is 4.83. The molecule has 1 aliphatic heterocycles. The lowest BCUT2D eigenvalue weighted by Gasteiger charge is -2.45. The molecular formula is C11H22N2O2. The van der Waals surface area contributed by atoms with Gasteiger partial charge in [0.15, 0.2) is 0 Å². The number of carboxylic acids is 1. The Morgan fingerprint density at radius 2 is 2.27 bits per heavy atom. The van der Waals surface area contributed by atoms with Gasteiger partial charge in [-0.25, -0.2) is 0 Å². The van der Waals surface area contributed by atoms with Crippen molar-refractivity contribution in [3.8, 4) is 0 Å². The molecule has 0 spiro atoms. The zero-order valence-corrected chi connectivity index (χ0v) is 9.92. The molecule has 1 aliphatic rings. The SMILES string of the molecule is CCCC(C(=O)O)N1CCNCC1(C)C. The second kappa shape index (κ2) is 4.94. The second-order valence-electron chi connectivity index (χ2n) is 4.83. The van der Waals surface area contributed by atoms with E-state index in [2.05, 4.69) is 24.1 Å². The highest BCUT2D eigenvalue weighted by molar-refractivity contribution is 5.73. The highest BCUT2D eigenvalue weighted by Crippen LogP contribution is 2.22. The van der Waals surface area contributed by atoms with Crippen molar-refractivity contribution in [3.05, 3.63) is 0 Å². The van der Waals surface area contributed by atoms with Crippen molar-refractivity contribution < 1.29 is 9.90 Å². The summed E-state index contributed by atoms with van der Waals surface area (Å²) in [7, 11) is 0. The van der Waals surface area contributed by atoms with E-state index in [1.165, 1.54) is 0 Å². The summed E-state index contributed by atoms with van der Waals surface area (Å²) in [4.78, 5) is 13.3. The van der Waals surface area contributed by atoms with Gasteiger partial charge in [0.25, 0.3) is 0 Å². The minimum absolute atomic E-state index is 0.0591. The van der Waals surface area contributed by atoms with Crippen LogP contribution in [0.4, 0.5) is 0 Å². The van der Waals surface area contributed by atoms with Crippen molar-refractivity contribution in [2.24, 2.45) is 0 Å². The lowest BCUT2D eigenvalue weighted by molar-refractivity contribution is -0.147. The molecule has 1 atom stereocenters. The quantitative estimate of drug-likeness (QED) is 0.731. The molecule has 1 saturated heterocycles. The van der Waals surface area contributed by atoms with E-state index in [1.807, 2.05) is 6.92 Å². The number of aliphatic carboxylic acids is 1. The number of rotatable bonds is 4. The maximum Gasteiger partial charge on any atom is 0.320 e. The summed E-state index contributed by atoms with van der Waals surface area (Å²) in [5, 5.41) is 12.5. The van der Waals surface area contributed by atoms with Gasteiger partial charge in [0, 0.05) is 25.2 Å². The molecule has 4 heteroatoms. The first-order valence-corrected chi connectivity index (χ1v) is 5.69. The van der Waals surface area contributed by atoms with E-state index in [0.717, 1.165) is 32.5 Å². The Hall–Kier alpha value is -0.610. The average molecular weight is 214 g/mol. The molecular weight excluding hydrogens is 192 g/mol. The van der Waals surface area contributed by atoms with Crippen LogP contribution in [0.5, 0.6) is 0 Å². The van der Waals surface area contributed by atoms with E-state index >= 15 is 0 Å². The molecule has 0 amide bonds. The summed E-state index contributed by atoms with van der Waals surface area (Å²) in [5.74, 6) is -0.688. The van der Waals surface area contributed by atoms with Crippen molar-refractivity contribution in [1.82, 2.24) is 10.2 Å². The normalized spacial score (nSPS) is 23.7. The third-order valence-electron chi connectivity index (χ3n) is 3.09. The summed E-state index contributed by atoms with van der Waals surface area (Å²) in [6.07, 6.45) is 1.65. The largest absolute Gasteiger partial charge is 0.480 e. The molecule has 0 aromatic rings. The minimum Gasteiger partial charge on any atom is -0.480 e. The molecule has 4 nitrogen and oxygen atoms in total. The highest BCUT2D eigenvalue weighted by atomic mass is 16.4. The number of nitrogens with one attached hydrogen (secondary N) is 1. The number of nitrogens with zero attached hydrogens (tertiary/aromatic N) is 1. The van der Waals surface area contributed by atoms with E-state index < -0.39 is 5.97 Å². The molecule has 0 radical (unpaired) electrons. The van der Waals surface area contributed by atoms with Gasteiger partial charge in [0.2, 0.25) is 0 Å². The van der Waals surface area contributed by atoms with E-state index in [1.54, 1.807) is 0 Å². The molecule has 0 bridgehead atoms. The first kappa shape index (κ1) is 12.5. The first-order chi connectivity index (χ1) is 6.99. The molecule has 0 aromatic heterocycles. The molecule has 2 N–H and O–H groups in total. The zero-order chi connectivity index (χ0) is 11.5. The molecule has 15 heavy (non-hydrogen) atoms. The number of carboxylic acid groups (broad SMARTS) is 1. The summed E-state index contributed by atoms with van der Waals surface area (Å²) in [5.41, 5.74) is -0.0591. The minimum atomic E-state index is -0.688. The number of hydrogen-bond donors (Lipinski definition) is 2. The molecule has 0 aromatic carbocycles. The molecule has 1 rings (SSSR count). The topological polar surface area (TPSA) is 52.6 Å². The average Bonchev–Trinajstić information content (AvgIpc) is 2.14. The molecule has 0 saturated carbocycles. The fraction of sp³-hybridized carbons (Fsp3) is 0.909. The van der Waals surface area contributed by atoms with Crippen LogP contribution in [-0.4, -0.2) is 47.2 Å². The Morgan fingerprint density at radius 3 is 2.73 bits per heavy atom. The van der Waals surface area contributed by atoms with Gasteiger partial charge < -0.3 is 10.4 Å². The van der Waals surface area contributed by atoms with E-state index in [-0.39, 0.29) is 11.6 Å². The maximum atomic E-state index is 11.2. The summed E-state index contributed by atoms with van der Waals surface area (Å²) in [6.45, 7) is 8.81. The Balaban J connectivity index is 2.76. The van der Waals surface area contributed by atoms with Crippen LogP contribution in [0.1, 0.15) is 33.6 Å². The lowest BCUT2D eigenvalue weighted by atomic mass is 9.96. The zero-order valence-electron chi connectivity index (χ0n) is 9.92. The standard InChI is InChI=1S/C11H22N2O2/c1-4-5-9(10(14)15)13-7-6-12-8-11(13,2)3/h9,12H,4-8H2,1-3H3,(H,14,15). The molecule has 1 heterocycles. The van der Waals surface area contributed by atoms with E-state index in [0.29, 0.717) is 0 Å². The number of carbonyl (C=O) groups is 1. The van der Waals surface area contributed by atoms with Gasteiger partial charge in [0.1, 0.15) is 6.04 Å². The maximum absolute atomic E-state index is 11.2. The van der Waals surface area contributed by atoms with Crippen LogP contribution >= 0.6 is 0 Å². The van der Waals surface area contributed by atoms with Crippen molar-refractivity contribution in [2.45, 2.75) is 45.2 Å². The fourth-order valence-corrected chi connectivity index (χ4v) is 2.26. The summed E-state index contributed by atoms with van der Waals surface area (Å²) >= 11 is 0. The van der Waals surface area contributed by atoms with Gasteiger partial charge in [-0.1, -0.05) is 13.3 Å². The smallest absolute Gasteiger partial charge is 0.320 e. The molecule has 88 valence electrons. The molecule has 0 aliphatic carbocycles. The predicted octanol–water partition coefficient (Wildman–Crippen LogP) is 0.924. The van der Waals surface area contributed by atoms with Gasteiger partial charge in [0.05, 0.1) is 0 Å². The van der Waals surface area contributed by atoms with Gasteiger partial charge in [-0.3, -0.25) is 9.69 Å². The Kier molecular flexibility index (Phi) is 4.11. The lowest BCUT2D eigenvalue weighted by Crippen LogP contribution is -2.62. The van der Waals surface area contributed by atoms with Crippen molar-refractivity contribution in [1.29, 1.82) is 0 Å². The summed E-state index contributed by atoms with van der Waals surface area (Å²) < 4.78 is 0. The van der Waals surface area contributed by atoms with Gasteiger partial charge in [-0.05, 0) is 20.3 Å². The van der Waals surface area contributed by atoms with E-state index in [9.17, 15) is 9.90 Å². The van der Waals surface area contributed by atoms with Gasteiger partial charge >= 0.3 is 5.97 Å². The van der Waals surface area contributed by atoms with Crippen LogP contribution in [0, 0.1) is 0 Å². The molecule has 1 unspecified atom stereocenters. The van der Waals surface area contributed by atoms with Crippen LogP contribution in [0.15, 0.2) is 0 Å². The third-order valence-corrected chi connectivity index (χ3v) is 3.09. The van der Waals surface area contributed by atoms with E-state index in [4.69, 9.17) is 0 Å². The van der Waals surface area contributed by atoms with Crippen molar-refractivity contribution in [3.63, 3.8) is 0 Å². The predicted molar refractivity (Wildman–Crippen MR) is 60.0 cm³/mol. The van der Waals surface area contributed by atoms with Crippen LogP contribution in [0.3, 0.4) is 0 Å².